The van der Waals surface area contributed by atoms with Crippen LogP contribution in [0.5, 0.6) is 0 Å². The van der Waals surface area contributed by atoms with Gasteiger partial charge in [-0.1, -0.05) is 30.3 Å². The third-order valence-corrected chi connectivity index (χ3v) is 3.71. The topological polar surface area (TPSA) is 78.9 Å². The summed E-state index contributed by atoms with van der Waals surface area (Å²) in [4.78, 5) is 15.9. The molecule has 0 aliphatic heterocycles. The second-order valence-corrected chi connectivity index (χ2v) is 4.99. The molecular formula is C17H11N3O2. The molecule has 0 saturated heterocycles. The van der Waals surface area contributed by atoms with Gasteiger partial charge in [-0.2, -0.15) is 5.10 Å². The van der Waals surface area contributed by atoms with E-state index in [1.54, 1.807) is 18.3 Å². The lowest BCUT2D eigenvalue weighted by atomic mass is 10.0. The zero-order valence-corrected chi connectivity index (χ0v) is 11.4. The Kier molecular flexibility index (Phi) is 2.66. The molecule has 0 unspecified atom stereocenters. The third-order valence-electron chi connectivity index (χ3n) is 3.71. The number of para-hydroxylation sites is 1. The van der Waals surface area contributed by atoms with E-state index < -0.39 is 5.97 Å². The molecule has 0 atom stereocenters. The summed E-state index contributed by atoms with van der Waals surface area (Å²) in [5.41, 5.74) is 3.16. The van der Waals surface area contributed by atoms with Crippen LogP contribution >= 0.6 is 0 Å². The van der Waals surface area contributed by atoms with E-state index >= 15 is 0 Å². The Morgan fingerprint density at radius 1 is 1.05 bits per heavy atom. The number of carbonyl (C=O) groups is 1. The average Bonchev–Trinajstić information content (AvgIpc) is 2.98. The quantitative estimate of drug-likeness (QED) is 0.592. The number of pyridine rings is 1. The Bertz CT molecular complexity index is 1020. The molecule has 0 bridgehead atoms. The first-order valence-electron chi connectivity index (χ1n) is 6.80. The summed E-state index contributed by atoms with van der Waals surface area (Å²) in [6.07, 6.45) is 1.72. The molecule has 2 N–H and O–H groups in total. The van der Waals surface area contributed by atoms with Gasteiger partial charge >= 0.3 is 5.97 Å². The van der Waals surface area contributed by atoms with Crippen molar-refractivity contribution in [3.8, 4) is 11.3 Å². The van der Waals surface area contributed by atoms with E-state index in [1.807, 2.05) is 36.4 Å². The number of benzene rings is 2. The molecule has 0 aliphatic rings. The van der Waals surface area contributed by atoms with Crippen molar-refractivity contribution < 1.29 is 9.90 Å². The molecule has 0 saturated carbocycles. The average molecular weight is 289 g/mol. The molecule has 22 heavy (non-hydrogen) atoms. The normalized spacial score (nSPS) is 11.1. The molecule has 0 fully saturated rings. The van der Waals surface area contributed by atoms with Crippen LogP contribution in [0.15, 0.2) is 54.7 Å². The Balaban J connectivity index is 2.11. The van der Waals surface area contributed by atoms with Crippen molar-refractivity contribution in [1.82, 2.24) is 15.2 Å². The van der Waals surface area contributed by atoms with Crippen LogP contribution in [-0.4, -0.2) is 26.3 Å². The van der Waals surface area contributed by atoms with Crippen molar-refractivity contribution in [3.05, 3.63) is 60.3 Å². The highest BCUT2D eigenvalue weighted by molar-refractivity contribution is 6.10. The van der Waals surface area contributed by atoms with Crippen LogP contribution < -0.4 is 0 Å². The van der Waals surface area contributed by atoms with Gasteiger partial charge in [0, 0.05) is 22.5 Å². The summed E-state index contributed by atoms with van der Waals surface area (Å²) in [7, 11) is 0. The number of hydrogen-bond donors (Lipinski definition) is 2. The van der Waals surface area contributed by atoms with Crippen molar-refractivity contribution >= 4 is 27.8 Å². The molecule has 4 rings (SSSR count). The van der Waals surface area contributed by atoms with Gasteiger partial charge in [-0.05, 0) is 18.2 Å². The minimum Gasteiger partial charge on any atom is -0.478 e. The lowest BCUT2D eigenvalue weighted by Gasteiger charge is -2.04. The van der Waals surface area contributed by atoms with Crippen LogP contribution in [0, 0.1) is 0 Å². The van der Waals surface area contributed by atoms with Gasteiger partial charge < -0.3 is 5.11 Å². The summed E-state index contributed by atoms with van der Waals surface area (Å²) in [6.45, 7) is 0. The largest absolute Gasteiger partial charge is 0.478 e. The van der Waals surface area contributed by atoms with E-state index in [-0.39, 0.29) is 5.56 Å². The maximum atomic E-state index is 11.5. The van der Waals surface area contributed by atoms with Crippen LogP contribution in [0.1, 0.15) is 10.4 Å². The number of nitrogens with one attached hydrogen (secondary N) is 1. The molecule has 5 nitrogen and oxygen atoms in total. The second-order valence-electron chi connectivity index (χ2n) is 4.99. The first-order chi connectivity index (χ1) is 10.8. The van der Waals surface area contributed by atoms with Gasteiger partial charge in [-0.25, -0.2) is 4.79 Å². The van der Waals surface area contributed by atoms with Gasteiger partial charge in [-0.3, -0.25) is 10.1 Å². The number of rotatable bonds is 2. The molecule has 106 valence electrons. The fraction of sp³-hybridized carbons (Fsp3) is 0. The summed E-state index contributed by atoms with van der Waals surface area (Å²) >= 11 is 0. The van der Waals surface area contributed by atoms with Crippen LogP contribution in [-0.2, 0) is 0 Å². The number of aromatic nitrogens is 3. The van der Waals surface area contributed by atoms with E-state index in [0.717, 1.165) is 16.5 Å². The summed E-state index contributed by atoms with van der Waals surface area (Å²) < 4.78 is 0. The molecule has 0 aliphatic carbocycles. The van der Waals surface area contributed by atoms with Gasteiger partial charge in [0.1, 0.15) is 5.69 Å². The fourth-order valence-corrected chi connectivity index (χ4v) is 2.74. The Morgan fingerprint density at radius 3 is 2.73 bits per heavy atom. The van der Waals surface area contributed by atoms with Gasteiger partial charge in [0.25, 0.3) is 0 Å². The fourth-order valence-electron chi connectivity index (χ4n) is 2.74. The highest BCUT2D eigenvalue weighted by atomic mass is 16.4. The molecular weight excluding hydrogens is 278 g/mol. The number of nitrogens with zero attached hydrogens (tertiary/aromatic N) is 2. The number of fused-ring (bicyclic) bond motifs is 2. The van der Waals surface area contributed by atoms with Crippen molar-refractivity contribution in [2.75, 3.05) is 0 Å². The molecule has 5 heteroatoms. The molecule has 2 heterocycles. The maximum Gasteiger partial charge on any atom is 0.336 e. The first kappa shape index (κ1) is 12.5. The molecule has 2 aromatic heterocycles. The monoisotopic (exact) mass is 289 g/mol. The summed E-state index contributed by atoms with van der Waals surface area (Å²) in [5.74, 6) is -0.971. The van der Waals surface area contributed by atoms with Crippen LogP contribution in [0.4, 0.5) is 0 Å². The standard InChI is InChI=1S/C17H11N3O2/c21-17(22)11-6-2-8-13-14(11)16(20-19-13)12-7-1-4-10-5-3-9-18-15(10)12/h1-9H,(H,19,20)(H,21,22). The number of hydrogen-bond acceptors (Lipinski definition) is 3. The lowest BCUT2D eigenvalue weighted by molar-refractivity contribution is 0.0699. The van der Waals surface area contributed by atoms with Gasteiger partial charge in [0.2, 0.25) is 0 Å². The smallest absolute Gasteiger partial charge is 0.336 e. The minimum absolute atomic E-state index is 0.231. The van der Waals surface area contributed by atoms with Gasteiger partial charge in [0.15, 0.2) is 0 Å². The highest BCUT2D eigenvalue weighted by Crippen LogP contribution is 2.32. The van der Waals surface area contributed by atoms with E-state index in [9.17, 15) is 9.90 Å². The van der Waals surface area contributed by atoms with Crippen molar-refractivity contribution in [3.63, 3.8) is 0 Å². The predicted octanol–water partition coefficient (Wildman–Crippen LogP) is 3.48. The van der Waals surface area contributed by atoms with Crippen molar-refractivity contribution in [1.29, 1.82) is 0 Å². The lowest BCUT2D eigenvalue weighted by Crippen LogP contribution is -1.97. The van der Waals surface area contributed by atoms with E-state index in [1.165, 1.54) is 0 Å². The van der Waals surface area contributed by atoms with Crippen LogP contribution in [0.2, 0.25) is 0 Å². The SMILES string of the molecule is O=C(O)c1cccc2[nH]nc(-c3cccc4cccnc34)c12. The third kappa shape index (κ3) is 1.76. The van der Waals surface area contributed by atoms with Crippen molar-refractivity contribution in [2.24, 2.45) is 0 Å². The second kappa shape index (κ2) is 4.66. The van der Waals surface area contributed by atoms with E-state index in [0.29, 0.717) is 16.6 Å². The van der Waals surface area contributed by atoms with E-state index in [2.05, 4.69) is 15.2 Å². The number of carboxylic acid groups (broad SMARTS) is 1. The van der Waals surface area contributed by atoms with Gasteiger partial charge in [-0.15, -0.1) is 0 Å². The maximum absolute atomic E-state index is 11.5. The molecule has 0 radical (unpaired) electrons. The zero-order valence-electron chi connectivity index (χ0n) is 11.4. The molecule has 0 amide bonds. The minimum atomic E-state index is -0.971. The van der Waals surface area contributed by atoms with Crippen molar-refractivity contribution in [2.45, 2.75) is 0 Å². The molecule has 0 spiro atoms. The van der Waals surface area contributed by atoms with Crippen LogP contribution in [0.3, 0.4) is 0 Å². The summed E-state index contributed by atoms with van der Waals surface area (Å²) in [6, 6.07) is 14.7. The molecule has 2 aromatic carbocycles. The number of H-pyrrole nitrogens is 1. The zero-order chi connectivity index (χ0) is 15.1. The first-order valence-corrected chi connectivity index (χ1v) is 6.80. The Labute approximate surface area is 125 Å². The number of aromatic carboxylic acids is 1. The number of carboxylic acids is 1. The highest BCUT2D eigenvalue weighted by Gasteiger charge is 2.17. The predicted molar refractivity (Wildman–Crippen MR) is 83.8 cm³/mol. The summed E-state index contributed by atoms with van der Waals surface area (Å²) in [5, 5.41) is 18.3. The van der Waals surface area contributed by atoms with E-state index in [4.69, 9.17) is 0 Å². The van der Waals surface area contributed by atoms with Crippen LogP contribution in [0.25, 0.3) is 33.1 Å². The Hall–Kier alpha value is -3.21. The molecule has 4 aromatic rings. The number of aromatic amines is 1. The Morgan fingerprint density at radius 2 is 1.86 bits per heavy atom. The van der Waals surface area contributed by atoms with Gasteiger partial charge in [0.05, 0.1) is 16.6 Å².